The highest BCUT2D eigenvalue weighted by Crippen LogP contribution is 2.25. The number of aromatic nitrogens is 1. The maximum Gasteiger partial charge on any atom is 0.129 e. The second kappa shape index (κ2) is 5.74. The summed E-state index contributed by atoms with van der Waals surface area (Å²) in [6, 6.07) is 14.5. The minimum Gasteiger partial charge on any atom is -0.497 e. The summed E-state index contributed by atoms with van der Waals surface area (Å²) < 4.78 is 5.18. The zero-order valence-corrected chi connectivity index (χ0v) is 11.9. The third-order valence-corrected chi connectivity index (χ3v) is 3.41. The van der Waals surface area contributed by atoms with Crippen molar-refractivity contribution >= 4 is 5.82 Å². The molecule has 0 N–H and O–H groups in total. The lowest BCUT2D eigenvalue weighted by Gasteiger charge is -2.26. The standard InChI is InChI=1S/C16H20N2O/c1-12-6-5-7-16(17-12)18(3)13(2)14-8-10-15(19-4)11-9-14/h5-11,13H,1-4H3. The van der Waals surface area contributed by atoms with Gasteiger partial charge < -0.3 is 9.64 Å². The Bertz CT molecular complexity index is 537. The fourth-order valence-corrected chi connectivity index (χ4v) is 2.03. The molecular weight excluding hydrogens is 236 g/mol. The van der Waals surface area contributed by atoms with Crippen molar-refractivity contribution in [2.45, 2.75) is 19.9 Å². The molecule has 1 aromatic carbocycles. The quantitative estimate of drug-likeness (QED) is 0.835. The second-order valence-electron chi connectivity index (χ2n) is 4.70. The summed E-state index contributed by atoms with van der Waals surface area (Å²) in [6.07, 6.45) is 0. The van der Waals surface area contributed by atoms with Crippen LogP contribution in [0, 0.1) is 6.92 Å². The summed E-state index contributed by atoms with van der Waals surface area (Å²) in [5.74, 6) is 1.87. The molecule has 0 saturated carbocycles. The predicted octanol–water partition coefficient (Wildman–Crippen LogP) is 3.60. The van der Waals surface area contributed by atoms with Gasteiger partial charge in [-0.3, -0.25) is 0 Å². The maximum atomic E-state index is 5.18. The van der Waals surface area contributed by atoms with E-state index in [2.05, 4.69) is 36.0 Å². The molecule has 2 rings (SSSR count). The van der Waals surface area contributed by atoms with E-state index >= 15 is 0 Å². The highest BCUT2D eigenvalue weighted by Gasteiger charge is 2.13. The van der Waals surface area contributed by atoms with Gasteiger partial charge in [-0.15, -0.1) is 0 Å². The van der Waals surface area contributed by atoms with Crippen molar-refractivity contribution in [2.75, 3.05) is 19.1 Å². The van der Waals surface area contributed by atoms with Crippen LogP contribution < -0.4 is 9.64 Å². The third kappa shape index (κ3) is 3.05. The average molecular weight is 256 g/mol. The van der Waals surface area contributed by atoms with Gasteiger partial charge in [0, 0.05) is 12.7 Å². The molecule has 0 bridgehead atoms. The average Bonchev–Trinajstić information content (AvgIpc) is 2.46. The number of anilines is 1. The first-order valence-electron chi connectivity index (χ1n) is 6.42. The Morgan fingerprint density at radius 3 is 2.37 bits per heavy atom. The van der Waals surface area contributed by atoms with E-state index < -0.39 is 0 Å². The molecular formula is C16H20N2O. The van der Waals surface area contributed by atoms with E-state index in [1.54, 1.807) is 7.11 Å². The van der Waals surface area contributed by atoms with E-state index in [0.717, 1.165) is 17.3 Å². The molecule has 1 unspecified atom stereocenters. The smallest absolute Gasteiger partial charge is 0.129 e. The molecule has 0 fully saturated rings. The number of methoxy groups -OCH3 is 1. The van der Waals surface area contributed by atoms with Gasteiger partial charge in [0.2, 0.25) is 0 Å². The van der Waals surface area contributed by atoms with Crippen LogP contribution in [-0.2, 0) is 0 Å². The number of pyridine rings is 1. The van der Waals surface area contributed by atoms with Gasteiger partial charge in [0.05, 0.1) is 13.2 Å². The first-order valence-corrected chi connectivity index (χ1v) is 6.42. The highest BCUT2D eigenvalue weighted by atomic mass is 16.5. The van der Waals surface area contributed by atoms with E-state index in [9.17, 15) is 0 Å². The molecule has 0 amide bonds. The van der Waals surface area contributed by atoms with Gasteiger partial charge in [-0.1, -0.05) is 18.2 Å². The van der Waals surface area contributed by atoms with E-state index in [-0.39, 0.29) is 6.04 Å². The van der Waals surface area contributed by atoms with Gasteiger partial charge in [-0.05, 0) is 43.7 Å². The number of nitrogens with zero attached hydrogens (tertiary/aromatic N) is 2. The Balaban J connectivity index is 2.20. The fourth-order valence-electron chi connectivity index (χ4n) is 2.03. The number of aryl methyl sites for hydroxylation is 1. The number of ether oxygens (including phenoxy) is 1. The molecule has 1 heterocycles. The van der Waals surface area contributed by atoms with Crippen LogP contribution in [-0.4, -0.2) is 19.1 Å². The molecule has 3 nitrogen and oxygen atoms in total. The van der Waals surface area contributed by atoms with Crippen LogP contribution >= 0.6 is 0 Å². The van der Waals surface area contributed by atoms with Gasteiger partial charge in [0.25, 0.3) is 0 Å². The molecule has 19 heavy (non-hydrogen) atoms. The summed E-state index contributed by atoms with van der Waals surface area (Å²) >= 11 is 0. The Morgan fingerprint density at radius 2 is 1.79 bits per heavy atom. The van der Waals surface area contributed by atoms with Crippen LogP contribution in [0.1, 0.15) is 24.2 Å². The lowest BCUT2D eigenvalue weighted by atomic mass is 10.1. The Hall–Kier alpha value is -2.03. The molecule has 0 saturated heterocycles. The molecule has 100 valence electrons. The minimum absolute atomic E-state index is 0.264. The van der Waals surface area contributed by atoms with E-state index in [1.165, 1.54) is 5.56 Å². The van der Waals surface area contributed by atoms with Crippen molar-refractivity contribution in [3.8, 4) is 5.75 Å². The molecule has 0 aliphatic carbocycles. The van der Waals surface area contributed by atoms with Crippen LogP contribution in [0.5, 0.6) is 5.75 Å². The Kier molecular flexibility index (Phi) is 4.05. The topological polar surface area (TPSA) is 25.4 Å². The zero-order valence-electron chi connectivity index (χ0n) is 11.9. The van der Waals surface area contributed by atoms with Crippen LogP contribution in [0.2, 0.25) is 0 Å². The van der Waals surface area contributed by atoms with Crippen molar-refractivity contribution < 1.29 is 4.74 Å². The van der Waals surface area contributed by atoms with Crippen molar-refractivity contribution in [3.05, 3.63) is 53.7 Å². The molecule has 0 spiro atoms. The lowest BCUT2D eigenvalue weighted by molar-refractivity contribution is 0.414. The third-order valence-electron chi connectivity index (χ3n) is 3.41. The van der Waals surface area contributed by atoms with Crippen molar-refractivity contribution in [3.63, 3.8) is 0 Å². The molecule has 2 aromatic rings. The number of hydrogen-bond acceptors (Lipinski definition) is 3. The van der Waals surface area contributed by atoms with Gasteiger partial charge >= 0.3 is 0 Å². The summed E-state index contributed by atoms with van der Waals surface area (Å²) in [4.78, 5) is 6.73. The van der Waals surface area contributed by atoms with Gasteiger partial charge in [0.15, 0.2) is 0 Å². The Morgan fingerprint density at radius 1 is 1.11 bits per heavy atom. The van der Waals surface area contributed by atoms with Crippen LogP contribution in [0.4, 0.5) is 5.82 Å². The minimum atomic E-state index is 0.264. The molecule has 0 aliphatic rings. The molecule has 0 radical (unpaired) electrons. The van der Waals surface area contributed by atoms with E-state index in [0.29, 0.717) is 0 Å². The van der Waals surface area contributed by atoms with Crippen LogP contribution in [0.3, 0.4) is 0 Å². The van der Waals surface area contributed by atoms with Crippen LogP contribution in [0.15, 0.2) is 42.5 Å². The predicted molar refractivity (Wildman–Crippen MR) is 78.8 cm³/mol. The highest BCUT2D eigenvalue weighted by molar-refractivity contribution is 5.42. The molecule has 3 heteroatoms. The maximum absolute atomic E-state index is 5.18. The van der Waals surface area contributed by atoms with E-state index in [4.69, 9.17) is 4.74 Å². The number of hydrogen-bond donors (Lipinski definition) is 0. The second-order valence-corrected chi connectivity index (χ2v) is 4.70. The Labute approximate surface area is 114 Å². The number of benzene rings is 1. The molecule has 1 aromatic heterocycles. The van der Waals surface area contributed by atoms with Gasteiger partial charge in [-0.2, -0.15) is 0 Å². The van der Waals surface area contributed by atoms with Crippen LogP contribution in [0.25, 0.3) is 0 Å². The fraction of sp³-hybridized carbons (Fsp3) is 0.312. The lowest BCUT2D eigenvalue weighted by Crippen LogP contribution is -2.22. The summed E-state index contributed by atoms with van der Waals surface area (Å²) in [5, 5.41) is 0. The first-order chi connectivity index (χ1) is 9.11. The summed E-state index contributed by atoms with van der Waals surface area (Å²) in [6.45, 7) is 4.18. The zero-order chi connectivity index (χ0) is 13.8. The summed E-state index contributed by atoms with van der Waals surface area (Å²) in [5.41, 5.74) is 2.28. The van der Waals surface area contributed by atoms with Crippen molar-refractivity contribution in [1.29, 1.82) is 0 Å². The van der Waals surface area contributed by atoms with Crippen molar-refractivity contribution in [1.82, 2.24) is 4.98 Å². The largest absolute Gasteiger partial charge is 0.497 e. The van der Waals surface area contributed by atoms with E-state index in [1.807, 2.05) is 37.3 Å². The molecule has 0 aliphatic heterocycles. The SMILES string of the molecule is COc1ccc(C(C)N(C)c2cccc(C)n2)cc1. The molecule has 1 atom stereocenters. The van der Waals surface area contributed by atoms with Crippen molar-refractivity contribution in [2.24, 2.45) is 0 Å². The number of rotatable bonds is 4. The summed E-state index contributed by atoms with van der Waals surface area (Å²) in [7, 11) is 3.75. The normalized spacial score (nSPS) is 12.0. The van der Waals surface area contributed by atoms with Gasteiger partial charge in [0.1, 0.15) is 11.6 Å². The monoisotopic (exact) mass is 256 g/mol. The first kappa shape index (κ1) is 13.4. The van der Waals surface area contributed by atoms with Gasteiger partial charge in [-0.25, -0.2) is 4.98 Å².